The van der Waals surface area contributed by atoms with Gasteiger partial charge in [0, 0.05) is 24.7 Å². The highest BCUT2D eigenvalue weighted by molar-refractivity contribution is 5.84. The van der Waals surface area contributed by atoms with E-state index < -0.39 is 11.7 Å². The van der Waals surface area contributed by atoms with Crippen LogP contribution in [0.4, 0.5) is 0 Å². The fraction of sp³-hybridized carbons (Fsp3) is 0.727. The second kappa shape index (κ2) is 12.1. The van der Waals surface area contributed by atoms with Crippen LogP contribution in [0.3, 0.4) is 0 Å². The third-order valence-corrected chi connectivity index (χ3v) is 5.27. The summed E-state index contributed by atoms with van der Waals surface area (Å²) in [5.41, 5.74) is -0.738. The molecule has 5 heteroatoms. The first-order chi connectivity index (χ1) is 12.8. The van der Waals surface area contributed by atoms with Crippen molar-refractivity contribution in [1.29, 1.82) is 0 Å². The number of aliphatic hydroxyl groups excluding tert-OH is 1. The summed E-state index contributed by atoms with van der Waals surface area (Å²) in [6.07, 6.45) is 13.0. The number of carbonyl (C=O) groups is 2. The van der Waals surface area contributed by atoms with Crippen molar-refractivity contribution in [1.82, 2.24) is 0 Å². The standard InChI is InChI=1S/C22H36O5/c1-4-5-14-22(2,26)15-10-12-18-17(19(23)16-20(18)24)11-8-6-7-9-13-21(25)27-3/h6-7,10,12,17-18,20,24,26H,4-5,8-9,11,13-16H2,1-3H3/b7-6-,12-10+/t17-,18-,20+,22?/m1/s1. The Labute approximate surface area is 163 Å². The van der Waals surface area contributed by atoms with E-state index >= 15 is 0 Å². The molecule has 1 rings (SSSR count). The van der Waals surface area contributed by atoms with Crippen LogP contribution in [-0.4, -0.2) is 40.8 Å². The van der Waals surface area contributed by atoms with Crippen molar-refractivity contribution < 1.29 is 24.5 Å². The van der Waals surface area contributed by atoms with Gasteiger partial charge in [-0.3, -0.25) is 9.59 Å². The fourth-order valence-corrected chi connectivity index (χ4v) is 3.55. The van der Waals surface area contributed by atoms with Crippen molar-refractivity contribution in [2.75, 3.05) is 7.11 Å². The molecule has 27 heavy (non-hydrogen) atoms. The summed E-state index contributed by atoms with van der Waals surface area (Å²) in [6, 6.07) is 0. The van der Waals surface area contributed by atoms with Gasteiger partial charge >= 0.3 is 5.97 Å². The Bertz CT molecular complexity index is 521. The molecule has 0 saturated heterocycles. The van der Waals surface area contributed by atoms with Crippen LogP contribution >= 0.6 is 0 Å². The maximum absolute atomic E-state index is 12.2. The van der Waals surface area contributed by atoms with E-state index in [1.165, 1.54) is 7.11 Å². The Kier molecular flexibility index (Phi) is 10.6. The van der Waals surface area contributed by atoms with Crippen molar-refractivity contribution in [3.05, 3.63) is 24.3 Å². The minimum Gasteiger partial charge on any atom is -0.469 e. The Hall–Kier alpha value is -1.46. The van der Waals surface area contributed by atoms with Gasteiger partial charge in [0.2, 0.25) is 0 Å². The molecule has 0 aromatic rings. The Morgan fingerprint density at radius 1 is 1.30 bits per heavy atom. The van der Waals surface area contributed by atoms with Gasteiger partial charge in [0.15, 0.2) is 0 Å². The molecule has 154 valence electrons. The molecular weight excluding hydrogens is 344 g/mol. The molecule has 2 N–H and O–H groups in total. The van der Waals surface area contributed by atoms with Crippen molar-refractivity contribution in [3.63, 3.8) is 0 Å². The summed E-state index contributed by atoms with van der Waals surface area (Å²) in [4.78, 5) is 23.3. The zero-order valence-corrected chi connectivity index (χ0v) is 17.0. The highest BCUT2D eigenvalue weighted by Gasteiger charge is 2.39. The lowest BCUT2D eigenvalue weighted by Crippen LogP contribution is -2.23. The average Bonchev–Trinajstić information content (AvgIpc) is 2.89. The smallest absolute Gasteiger partial charge is 0.305 e. The number of ether oxygens (including phenoxy) is 1. The van der Waals surface area contributed by atoms with E-state index in [-0.39, 0.29) is 30.0 Å². The van der Waals surface area contributed by atoms with Gasteiger partial charge in [-0.25, -0.2) is 0 Å². The third-order valence-electron chi connectivity index (χ3n) is 5.27. The number of hydrogen-bond acceptors (Lipinski definition) is 5. The van der Waals surface area contributed by atoms with Gasteiger partial charge in [0.1, 0.15) is 5.78 Å². The zero-order valence-electron chi connectivity index (χ0n) is 17.0. The minimum atomic E-state index is -0.738. The second-order valence-electron chi connectivity index (χ2n) is 7.82. The number of Topliss-reactive ketones (excluding diaryl/α,β-unsaturated/α-hetero) is 1. The first-order valence-electron chi connectivity index (χ1n) is 10.1. The van der Waals surface area contributed by atoms with Crippen LogP contribution in [0.25, 0.3) is 0 Å². The molecular formula is C22H36O5. The molecule has 1 fully saturated rings. The molecule has 1 aliphatic rings. The minimum absolute atomic E-state index is 0.109. The van der Waals surface area contributed by atoms with Crippen LogP contribution in [0.1, 0.15) is 71.6 Å². The summed E-state index contributed by atoms with van der Waals surface area (Å²) in [6.45, 7) is 3.93. The maximum atomic E-state index is 12.2. The van der Waals surface area contributed by atoms with Gasteiger partial charge in [-0.05, 0) is 39.0 Å². The van der Waals surface area contributed by atoms with E-state index in [4.69, 9.17) is 0 Å². The van der Waals surface area contributed by atoms with Gasteiger partial charge in [-0.2, -0.15) is 0 Å². The monoisotopic (exact) mass is 380 g/mol. The zero-order chi connectivity index (χ0) is 20.3. The molecule has 1 unspecified atom stereocenters. The summed E-state index contributed by atoms with van der Waals surface area (Å²) < 4.78 is 4.59. The van der Waals surface area contributed by atoms with E-state index in [1.807, 2.05) is 31.2 Å². The van der Waals surface area contributed by atoms with Crippen LogP contribution in [0.15, 0.2) is 24.3 Å². The number of hydrogen-bond donors (Lipinski definition) is 2. The number of allylic oxidation sites excluding steroid dienone is 2. The summed E-state index contributed by atoms with van der Waals surface area (Å²) in [7, 11) is 1.37. The van der Waals surface area contributed by atoms with Gasteiger partial charge < -0.3 is 14.9 Å². The summed E-state index contributed by atoms with van der Waals surface area (Å²) in [5, 5.41) is 20.6. The van der Waals surface area contributed by atoms with Crippen molar-refractivity contribution >= 4 is 11.8 Å². The predicted octanol–water partition coefficient (Wildman–Crippen LogP) is 3.73. The lowest BCUT2D eigenvalue weighted by Gasteiger charge is -2.22. The van der Waals surface area contributed by atoms with Crippen molar-refractivity contribution in [3.8, 4) is 0 Å². The van der Waals surface area contributed by atoms with E-state index in [0.29, 0.717) is 25.7 Å². The number of unbranched alkanes of at least 4 members (excludes halogenated alkanes) is 1. The topological polar surface area (TPSA) is 83.8 Å². The van der Waals surface area contributed by atoms with E-state index in [1.54, 1.807) is 0 Å². The molecule has 1 aliphatic carbocycles. The first kappa shape index (κ1) is 23.6. The van der Waals surface area contributed by atoms with Crippen LogP contribution in [0.5, 0.6) is 0 Å². The molecule has 0 bridgehead atoms. The number of carbonyl (C=O) groups excluding carboxylic acids is 2. The van der Waals surface area contributed by atoms with Gasteiger partial charge in [0.25, 0.3) is 0 Å². The van der Waals surface area contributed by atoms with Crippen LogP contribution in [0.2, 0.25) is 0 Å². The van der Waals surface area contributed by atoms with Crippen LogP contribution < -0.4 is 0 Å². The molecule has 1 saturated carbocycles. The van der Waals surface area contributed by atoms with E-state index in [2.05, 4.69) is 11.7 Å². The van der Waals surface area contributed by atoms with E-state index in [9.17, 15) is 19.8 Å². The molecule has 0 aromatic heterocycles. The second-order valence-corrected chi connectivity index (χ2v) is 7.82. The average molecular weight is 381 g/mol. The van der Waals surface area contributed by atoms with Crippen LogP contribution in [0, 0.1) is 11.8 Å². The summed E-state index contributed by atoms with van der Waals surface area (Å²) in [5.74, 6) is -0.475. The molecule has 0 heterocycles. The normalized spacial score (nSPS) is 25.4. The Balaban J connectivity index is 2.49. The molecule has 4 atom stereocenters. The van der Waals surface area contributed by atoms with Gasteiger partial charge in [-0.15, -0.1) is 0 Å². The first-order valence-corrected chi connectivity index (χ1v) is 10.1. The number of aliphatic hydroxyl groups is 2. The Morgan fingerprint density at radius 2 is 2.00 bits per heavy atom. The molecule has 0 radical (unpaired) electrons. The number of methoxy groups -OCH3 is 1. The van der Waals surface area contributed by atoms with Crippen molar-refractivity contribution in [2.24, 2.45) is 11.8 Å². The third kappa shape index (κ3) is 8.85. The largest absolute Gasteiger partial charge is 0.469 e. The number of rotatable bonds is 12. The highest BCUT2D eigenvalue weighted by Crippen LogP contribution is 2.34. The SMILES string of the molecule is CCCCC(C)(O)C/C=C/[C@H]1[C@@H](O)CC(=O)[C@@H]1CC/C=C\CCC(=O)OC. The number of esters is 1. The van der Waals surface area contributed by atoms with Crippen molar-refractivity contribution in [2.45, 2.75) is 83.3 Å². The lowest BCUT2D eigenvalue weighted by molar-refractivity contribution is -0.140. The maximum Gasteiger partial charge on any atom is 0.305 e. The van der Waals surface area contributed by atoms with Crippen LogP contribution in [-0.2, 0) is 14.3 Å². The molecule has 0 amide bonds. The molecule has 0 spiro atoms. The number of ketones is 1. The molecule has 0 aromatic carbocycles. The van der Waals surface area contributed by atoms with Gasteiger partial charge in [0.05, 0.1) is 18.8 Å². The van der Waals surface area contributed by atoms with Gasteiger partial charge in [-0.1, -0.05) is 44.1 Å². The highest BCUT2D eigenvalue weighted by atomic mass is 16.5. The Morgan fingerprint density at radius 3 is 2.67 bits per heavy atom. The molecule has 0 aliphatic heterocycles. The molecule has 5 nitrogen and oxygen atoms in total. The van der Waals surface area contributed by atoms with E-state index in [0.717, 1.165) is 25.7 Å². The fourth-order valence-electron chi connectivity index (χ4n) is 3.55. The summed E-state index contributed by atoms with van der Waals surface area (Å²) >= 11 is 0. The quantitative estimate of drug-likeness (QED) is 0.398. The lowest BCUT2D eigenvalue weighted by atomic mass is 9.88. The predicted molar refractivity (Wildman–Crippen MR) is 106 cm³/mol.